The standard InChI is InChI=1S/C14H22Cl2N2O6/c1-4-6-12(7-5-2)8-10(11(19)24-3)9-13(17(20)21,18(22)23)14(12,15)16/h10H,4-9H2,1-3H3. The molecule has 1 fully saturated rings. The highest BCUT2D eigenvalue weighted by Gasteiger charge is 2.81. The van der Waals surface area contributed by atoms with Gasteiger partial charge in [-0.2, -0.15) is 0 Å². The maximum absolute atomic E-state index is 12.1. The lowest BCUT2D eigenvalue weighted by atomic mass is 9.60. The maximum Gasteiger partial charge on any atom is 0.491 e. The molecule has 0 aliphatic heterocycles. The lowest BCUT2D eigenvalue weighted by Crippen LogP contribution is -2.69. The Bertz CT molecular complexity index is 505. The zero-order chi connectivity index (χ0) is 18.8. The van der Waals surface area contributed by atoms with Gasteiger partial charge >= 0.3 is 11.6 Å². The van der Waals surface area contributed by atoms with Crippen molar-refractivity contribution in [2.45, 2.75) is 62.4 Å². The van der Waals surface area contributed by atoms with Crippen molar-refractivity contribution in [1.29, 1.82) is 0 Å². The van der Waals surface area contributed by atoms with Crippen LogP contribution in [0.3, 0.4) is 0 Å². The van der Waals surface area contributed by atoms with E-state index in [1.165, 1.54) is 0 Å². The molecule has 1 aliphatic carbocycles. The van der Waals surface area contributed by atoms with Crippen LogP contribution in [0.5, 0.6) is 0 Å². The summed E-state index contributed by atoms with van der Waals surface area (Å²) < 4.78 is 2.44. The maximum atomic E-state index is 12.1. The third-order valence-electron chi connectivity index (χ3n) is 4.93. The van der Waals surface area contributed by atoms with Crippen LogP contribution in [-0.2, 0) is 9.53 Å². The molecule has 0 heterocycles. The largest absolute Gasteiger partial charge is 0.491 e. The summed E-state index contributed by atoms with van der Waals surface area (Å²) in [6.07, 6.45) is 1.25. The van der Waals surface area contributed by atoms with Crippen LogP contribution < -0.4 is 0 Å². The Kier molecular flexibility index (Phi) is 6.43. The number of hydrogen-bond acceptors (Lipinski definition) is 6. The topological polar surface area (TPSA) is 113 Å². The van der Waals surface area contributed by atoms with Crippen LogP contribution in [0.2, 0.25) is 0 Å². The molecule has 0 amide bonds. The van der Waals surface area contributed by atoms with Crippen molar-refractivity contribution in [1.82, 2.24) is 0 Å². The van der Waals surface area contributed by atoms with E-state index >= 15 is 0 Å². The van der Waals surface area contributed by atoms with E-state index in [0.29, 0.717) is 25.7 Å². The van der Waals surface area contributed by atoms with Crippen LogP contribution in [0.1, 0.15) is 52.4 Å². The fourth-order valence-corrected chi connectivity index (χ4v) is 4.91. The first-order valence-corrected chi connectivity index (χ1v) is 8.56. The molecule has 10 heteroatoms. The van der Waals surface area contributed by atoms with Crippen molar-refractivity contribution >= 4 is 29.2 Å². The summed E-state index contributed by atoms with van der Waals surface area (Å²) >= 11 is 12.8. The van der Waals surface area contributed by atoms with Crippen LogP contribution >= 0.6 is 23.2 Å². The van der Waals surface area contributed by atoms with Gasteiger partial charge in [-0.15, -0.1) is 0 Å². The Morgan fingerprint density at radius 3 is 1.92 bits per heavy atom. The Hall–Kier alpha value is -1.15. The van der Waals surface area contributed by atoms with Gasteiger partial charge in [-0.25, -0.2) is 0 Å². The molecule has 0 bridgehead atoms. The van der Waals surface area contributed by atoms with Crippen molar-refractivity contribution in [2.75, 3.05) is 7.11 Å². The summed E-state index contributed by atoms with van der Waals surface area (Å²) in [5.41, 5.74) is -3.99. The molecule has 0 spiro atoms. The molecule has 0 radical (unpaired) electrons. The number of nitro groups is 2. The lowest BCUT2D eigenvalue weighted by Gasteiger charge is -2.49. The molecule has 1 saturated carbocycles. The van der Waals surface area contributed by atoms with E-state index in [9.17, 15) is 25.0 Å². The van der Waals surface area contributed by atoms with Crippen molar-refractivity contribution in [3.05, 3.63) is 20.2 Å². The molecule has 0 N–H and O–H groups in total. The number of carbonyl (C=O) groups excluding carboxylic acids is 1. The molecule has 0 saturated heterocycles. The number of halogens is 2. The van der Waals surface area contributed by atoms with Gasteiger partial charge in [-0.3, -0.25) is 25.0 Å². The number of alkyl halides is 2. The molecule has 1 unspecified atom stereocenters. The van der Waals surface area contributed by atoms with Crippen molar-refractivity contribution in [3.8, 4) is 0 Å². The highest BCUT2D eigenvalue weighted by Crippen LogP contribution is 2.63. The van der Waals surface area contributed by atoms with Gasteiger partial charge in [-0.1, -0.05) is 49.9 Å². The summed E-state index contributed by atoms with van der Waals surface area (Å²) in [5, 5.41) is 23.5. The van der Waals surface area contributed by atoms with Gasteiger partial charge in [0.05, 0.1) is 13.0 Å². The average Bonchev–Trinajstić information content (AvgIpc) is 2.48. The van der Waals surface area contributed by atoms with E-state index in [2.05, 4.69) is 4.74 Å². The molecule has 8 nitrogen and oxygen atoms in total. The molecular weight excluding hydrogens is 363 g/mol. The summed E-state index contributed by atoms with van der Waals surface area (Å²) in [4.78, 5) is 33.4. The smallest absolute Gasteiger partial charge is 0.469 e. The summed E-state index contributed by atoms with van der Waals surface area (Å²) in [7, 11) is 1.15. The minimum atomic E-state index is -2.86. The molecule has 0 aromatic heterocycles. The quantitative estimate of drug-likeness (QED) is 0.218. The molecule has 24 heavy (non-hydrogen) atoms. The van der Waals surface area contributed by atoms with Crippen molar-refractivity contribution in [3.63, 3.8) is 0 Å². The summed E-state index contributed by atoms with van der Waals surface area (Å²) in [5.74, 6) is -1.72. The second-order valence-corrected chi connectivity index (χ2v) is 7.64. The number of rotatable bonds is 7. The Labute approximate surface area is 150 Å². The third kappa shape index (κ3) is 2.94. The van der Waals surface area contributed by atoms with Gasteiger partial charge in [0.2, 0.25) is 0 Å². The molecule has 1 atom stereocenters. The molecule has 0 aromatic carbocycles. The average molecular weight is 385 g/mol. The lowest BCUT2D eigenvalue weighted by molar-refractivity contribution is -0.806. The number of methoxy groups -OCH3 is 1. The normalized spacial score (nSPS) is 24.1. The molecule has 0 aromatic rings. The molecule has 138 valence electrons. The Morgan fingerprint density at radius 2 is 1.58 bits per heavy atom. The fourth-order valence-electron chi connectivity index (χ4n) is 3.95. The van der Waals surface area contributed by atoms with Gasteiger partial charge < -0.3 is 4.74 Å². The Balaban J connectivity index is 3.65. The second kappa shape index (κ2) is 7.39. The zero-order valence-corrected chi connectivity index (χ0v) is 15.4. The molecular formula is C14H22Cl2N2O6. The summed E-state index contributed by atoms with van der Waals surface area (Å²) in [6.45, 7) is 3.67. The SMILES string of the molecule is CCCC1(CCC)CC(C(=O)OC)CC([N+](=O)[O-])([N+](=O)[O-])C1(Cl)Cl. The zero-order valence-electron chi connectivity index (χ0n) is 13.9. The number of ether oxygens (including phenoxy) is 1. The number of hydrogen-bond donors (Lipinski definition) is 0. The van der Waals surface area contributed by atoms with Gasteiger partial charge in [0.15, 0.2) is 0 Å². The van der Waals surface area contributed by atoms with E-state index in [4.69, 9.17) is 23.2 Å². The number of nitrogens with zero attached hydrogens (tertiary/aromatic N) is 2. The van der Waals surface area contributed by atoms with Crippen LogP contribution in [0.4, 0.5) is 0 Å². The van der Waals surface area contributed by atoms with Gasteiger partial charge in [0.1, 0.15) is 16.3 Å². The minimum absolute atomic E-state index is 0.123. The third-order valence-corrected chi connectivity index (χ3v) is 6.34. The highest BCUT2D eigenvalue weighted by molar-refractivity contribution is 6.49. The van der Waals surface area contributed by atoms with Crippen LogP contribution in [0.15, 0.2) is 0 Å². The van der Waals surface area contributed by atoms with E-state index < -0.39 is 43.6 Å². The van der Waals surface area contributed by atoms with Gasteiger partial charge in [0.25, 0.3) is 4.33 Å². The van der Waals surface area contributed by atoms with E-state index in [-0.39, 0.29) is 6.42 Å². The first kappa shape index (κ1) is 20.9. The van der Waals surface area contributed by atoms with E-state index in [0.717, 1.165) is 7.11 Å². The van der Waals surface area contributed by atoms with Crippen LogP contribution in [0.25, 0.3) is 0 Å². The molecule has 1 aliphatic rings. The fraction of sp³-hybridized carbons (Fsp3) is 0.929. The minimum Gasteiger partial charge on any atom is -0.469 e. The van der Waals surface area contributed by atoms with Gasteiger partial charge in [-0.05, 0) is 19.3 Å². The Morgan fingerprint density at radius 1 is 1.12 bits per heavy atom. The second-order valence-electron chi connectivity index (χ2n) is 6.31. The monoisotopic (exact) mass is 384 g/mol. The first-order chi connectivity index (χ1) is 11.1. The number of carbonyl (C=O) groups is 1. The van der Waals surface area contributed by atoms with E-state index in [1.54, 1.807) is 0 Å². The predicted molar refractivity (Wildman–Crippen MR) is 88.1 cm³/mol. The van der Waals surface area contributed by atoms with Gasteiger partial charge in [0, 0.05) is 5.41 Å². The first-order valence-electron chi connectivity index (χ1n) is 7.81. The van der Waals surface area contributed by atoms with Crippen LogP contribution in [-0.4, -0.2) is 32.9 Å². The molecule has 1 rings (SSSR count). The van der Waals surface area contributed by atoms with Crippen LogP contribution in [0, 0.1) is 31.6 Å². The van der Waals surface area contributed by atoms with Crippen molar-refractivity contribution < 1.29 is 19.4 Å². The highest BCUT2D eigenvalue weighted by atomic mass is 35.5. The number of esters is 1. The summed E-state index contributed by atoms with van der Waals surface area (Å²) in [6, 6.07) is 0. The van der Waals surface area contributed by atoms with E-state index in [1.807, 2.05) is 13.8 Å². The predicted octanol–water partition coefficient (Wildman–Crippen LogP) is 3.58. The van der Waals surface area contributed by atoms with Crippen molar-refractivity contribution in [2.24, 2.45) is 11.3 Å².